The summed E-state index contributed by atoms with van der Waals surface area (Å²) >= 11 is 0. The van der Waals surface area contributed by atoms with E-state index in [1.165, 1.54) is 12.1 Å². The number of terminal acetylenes is 1. The highest BCUT2D eigenvalue weighted by molar-refractivity contribution is 5.78. The number of hydrogen-bond donors (Lipinski definition) is 1. The standard InChI is InChI=1S/C13H14FNO/c1-3-5-10(2)15-13(16)9-11-6-4-7-12(14)8-11/h1,4,6-8,10H,5,9H2,2H3,(H,15,16). The van der Waals surface area contributed by atoms with Gasteiger partial charge in [-0.2, -0.15) is 0 Å². The second kappa shape index (κ2) is 5.92. The van der Waals surface area contributed by atoms with Crippen LogP contribution in [0.1, 0.15) is 18.9 Å². The number of nitrogens with one attached hydrogen (secondary N) is 1. The van der Waals surface area contributed by atoms with Crippen molar-refractivity contribution in [1.29, 1.82) is 0 Å². The number of halogens is 1. The highest BCUT2D eigenvalue weighted by Gasteiger charge is 2.07. The van der Waals surface area contributed by atoms with E-state index in [-0.39, 0.29) is 24.2 Å². The van der Waals surface area contributed by atoms with Gasteiger partial charge in [-0.15, -0.1) is 12.3 Å². The van der Waals surface area contributed by atoms with Gasteiger partial charge in [0.1, 0.15) is 5.82 Å². The number of rotatable bonds is 4. The number of carbonyl (C=O) groups excluding carboxylic acids is 1. The topological polar surface area (TPSA) is 29.1 Å². The van der Waals surface area contributed by atoms with Crippen molar-refractivity contribution in [3.8, 4) is 12.3 Å². The summed E-state index contributed by atoms with van der Waals surface area (Å²) in [6, 6.07) is 5.96. The third-order valence-corrected chi connectivity index (χ3v) is 2.09. The fraction of sp³-hybridized carbons (Fsp3) is 0.308. The molecule has 1 N–H and O–H groups in total. The molecule has 1 atom stereocenters. The zero-order valence-electron chi connectivity index (χ0n) is 9.16. The van der Waals surface area contributed by atoms with Crippen LogP contribution in [-0.2, 0) is 11.2 Å². The smallest absolute Gasteiger partial charge is 0.224 e. The summed E-state index contributed by atoms with van der Waals surface area (Å²) in [5.74, 6) is 1.99. The van der Waals surface area contributed by atoms with Gasteiger partial charge < -0.3 is 5.32 Å². The van der Waals surface area contributed by atoms with Crippen molar-refractivity contribution in [3.63, 3.8) is 0 Å². The minimum atomic E-state index is -0.332. The summed E-state index contributed by atoms with van der Waals surface area (Å²) in [5.41, 5.74) is 0.658. The van der Waals surface area contributed by atoms with Crippen LogP contribution in [0.15, 0.2) is 24.3 Å². The van der Waals surface area contributed by atoms with Crippen molar-refractivity contribution in [2.45, 2.75) is 25.8 Å². The van der Waals surface area contributed by atoms with Gasteiger partial charge in [-0.1, -0.05) is 12.1 Å². The Morgan fingerprint density at radius 1 is 1.62 bits per heavy atom. The lowest BCUT2D eigenvalue weighted by Gasteiger charge is -2.10. The lowest BCUT2D eigenvalue weighted by atomic mass is 10.1. The van der Waals surface area contributed by atoms with Crippen molar-refractivity contribution in [2.24, 2.45) is 0 Å². The molecule has 16 heavy (non-hydrogen) atoms. The van der Waals surface area contributed by atoms with Gasteiger partial charge in [-0.3, -0.25) is 4.79 Å². The summed E-state index contributed by atoms with van der Waals surface area (Å²) in [4.78, 5) is 11.5. The number of benzene rings is 1. The van der Waals surface area contributed by atoms with E-state index in [1.807, 2.05) is 6.92 Å². The summed E-state index contributed by atoms with van der Waals surface area (Å²) in [6.45, 7) is 1.84. The van der Waals surface area contributed by atoms with E-state index < -0.39 is 0 Å². The predicted molar refractivity (Wildman–Crippen MR) is 61.2 cm³/mol. The molecule has 0 saturated heterocycles. The Morgan fingerprint density at radius 2 is 2.38 bits per heavy atom. The molecule has 2 nitrogen and oxygen atoms in total. The van der Waals surface area contributed by atoms with Crippen molar-refractivity contribution in [2.75, 3.05) is 0 Å². The second-order valence-corrected chi connectivity index (χ2v) is 3.68. The average molecular weight is 219 g/mol. The molecule has 0 spiro atoms. The number of hydrogen-bond acceptors (Lipinski definition) is 1. The highest BCUT2D eigenvalue weighted by atomic mass is 19.1. The van der Waals surface area contributed by atoms with Crippen LogP contribution in [0.2, 0.25) is 0 Å². The molecule has 0 aliphatic heterocycles. The van der Waals surface area contributed by atoms with Crippen LogP contribution >= 0.6 is 0 Å². The molecule has 1 rings (SSSR count). The average Bonchev–Trinajstić information content (AvgIpc) is 2.17. The Hall–Kier alpha value is -1.82. The molecular formula is C13H14FNO. The fourth-order valence-corrected chi connectivity index (χ4v) is 1.39. The molecule has 0 bridgehead atoms. The van der Waals surface area contributed by atoms with Crippen LogP contribution in [0.5, 0.6) is 0 Å². The van der Waals surface area contributed by atoms with Gasteiger partial charge >= 0.3 is 0 Å². The summed E-state index contributed by atoms with van der Waals surface area (Å²) in [5, 5.41) is 2.74. The van der Waals surface area contributed by atoms with E-state index in [2.05, 4.69) is 11.2 Å². The van der Waals surface area contributed by atoms with Gasteiger partial charge in [0.25, 0.3) is 0 Å². The maximum absolute atomic E-state index is 12.8. The molecule has 0 fully saturated rings. The van der Waals surface area contributed by atoms with E-state index in [0.29, 0.717) is 12.0 Å². The molecule has 0 aliphatic rings. The number of carbonyl (C=O) groups is 1. The Kier molecular flexibility index (Phi) is 4.53. The molecule has 0 radical (unpaired) electrons. The SMILES string of the molecule is C#CCC(C)NC(=O)Cc1cccc(F)c1. The zero-order valence-corrected chi connectivity index (χ0v) is 9.16. The van der Waals surface area contributed by atoms with E-state index in [0.717, 1.165) is 0 Å². The molecule has 0 aromatic heterocycles. The van der Waals surface area contributed by atoms with E-state index in [9.17, 15) is 9.18 Å². The van der Waals surface area contributed by atoms with Crippen LogP contribution in [0.3, 0.4) is 0 Å². The third-order valence-electron chi connectivity index (χ3n) is 2.09. The van der Waals surface area contributed by atoms with Gasteiger partial charge in [0.05, 0.1) is 6.42 Å². The summed E-state index contributed by atoms with van der Waals surface area (Å²) in [7, 11) is 0. The molecule has 1 amide bonds. The van der Waals surface area contributed by atoms with Gasteiger partial charge in [0.15, 0.2) is 0 Å². The van der Waals surface area contributed by atoms with Crippen LogP contribution < -0.4 is 5.32 Å². The zero-order chi connectivity index (χ0) is 12.0. The van der Waals surface area contributed by atoms with E-state index in [4.69, 9.17) is 6.42 Å². The molecule has 0 saturated carbocycles. The monoisotopic (exact) mass is 219 g/mol. The first-order chi connectivity index (χ1) is 7.61. The highest BCUT2D eigenvalue weighted by Crippen LogP contribution is 2.04. The maximum Gasteiger partial charge on any atom is 0.224 e. The third kappa shape index (κ3) is 4.14. The van der Waals surface area contributed by atoms with Crippen LogP contribution in [0.4, 0.5) is 4.39 Å². The molecule has 0 heterocycles. The Balaban J connectivity index is 2.49. The first-order valence-corrected chi connectivity index (χ1v) is 5.09. The minimum Gasteiger partial charge on any atom is -0.352 e. The molecular weight excluding hydrogens is 205 g/mol. The van der Waals surface area contributed by atoms with Crippen molar-refractivity contribution >= 4 is 5.91 Å². The lowest BCUT2D eigenvalue weighted by Crippen LogP contribution is -2.33. The largest absolute Gasteiger partial charge is 0.352 e. The molecule has 0 aliphatic carbocycles. The van der Waals surface area contributed by atoms with Crippen LogP contribution in [0, 0.1) is 18.2 Å². The Morgan fingerprint density at radius 3 is 3.00 bits per heavy atom. The molecule has 84 valence electrons. The van der Waals surface area contributed by atoms with Crippen LogP contribution in [0.25, 0.3) is 0 Å². The maximum atomic E-state index is 12.8. The van der Waals surface area contributed by atoms with Crippen LogP contribution in [-0.4, -0.2) is 11.9 Å². The van der Waals surface area contributed by atoms with Gasteiger partial charge in [0, 0.05) is 12.5 Å². The molecule has 1 aromatic carbocycles. The lowest BCUT2D eigenvalue weighted by molar-refractivity contribution is -0.121. The van der Waals surface area contributed by atoms with Gasteiger partial charge in [0.2, 0.25) is 5.91 Å². The normalized spacial score (nSPS) is 11.6. The van der Waals surface area contributed by atoms with E-state index in [1.54, 1.807) is 12.1 Å². The van der Waals surface area contributed by atoms with Crippen molar-refractivity contribution < 1.29 is 9.18 Å². The van der Waals surface area contributed by atoms with E-state index >= 15 is 0 Å². The summed E-state index contributed by atoms with van der Waals surface area (Å²) in [6.07, 6.45) is 5.79. The first-order valence-electron chi connectivity index (χ1n) is 5.09. The fourth-order valence-electron chi connectivity index (χ4n) is 1.39. The minimum absolute atomic E-state index is 0.0499. The molecule has 3 heteroatoms. The first kappa shape index (κ1) is 12.3. The number of amides is 1. The quantitative estimate of drug-likeness (QED) is 0.770. The van der Waals surface area contributed by atoms with Crippen molar-refractivity contribution in [3.05, 3.63) is 35.6 Å². The Bertz CT molecular complexity index is 409. The summed E-state index contributed by atoms with van der Waals surface area (Å²) < 4.78 is 12.8. The van der Waals surface area contributed by atoms with Crippen molar-refractivity contribution in [1.82, 2.24) is 5.32 Å². The second-order valence-electron chi connectivity index (χ2n) is 3.68. The molecule has 1 aromatic rings. The molecule has 1 unspecified atom stereocenters. The van der Waals surface area contributed by atoms with Gasteiger partial charge in [-0.25, -0.2) is 4.39 Å². The Labute approximate surface area is 94.9 Å². The predicted octanol–water partition coefficient (Wildman–Crippen LogP) is 1.90. The van der Waals surface area contributed by atoms with Gasteiger partial charge in [-0.05, 0) is 24.6 Å².